The summed E-state index contributed by atoms with van der Waals surface area (Å²) in [4.78, 5) is 24.3. The fraction of sp³-hybridized carbons (Fsp3) is 0.261. The zero-order chi connectivity index (χ0) is 23.3. The van der Waals surface area contributed by atoms with Crippen LogP contribution in [0.25, 0.3) is 0 Å². The highest BCUT2D eigenvalue weighted by Gasteiger charge is 2.19. The Morgan fingerprint density at radius 3 is 2.72 bits per heavy atom. The number of carbonyl (C=O) groups excluding carboxylic acids is 1. The predicted octanol–water partition coefficient (Wildman–Crippen LogP) is 3.50. The van der Waals surface area contributed by atoms with Crippen molar-refractivity contribution >= 4 is 17.3 Å². The fourth-order valence-electron chi connectivity index (χ4n) is 3.28. The number of hydrogen-bond donors (Lipinski definition) is 1. The number of aromatic carboxylic acids is 1. The van der Waals surface area contributed by atoms with Crippen molar-refractivity contribution < 1.29 is 19.4 Å². The molecule has 0 radical (unpaired) electrons. The molecule has 0 saturated heterocycles. The third-order valence-corrected chi connectivity index (χ3v) is 5.02. The number of carboxylic acid groups (broad SMARTS) is 1. The lowest BCUT2D eigenvalue weighted by Gasteiger charge is -2.12. The van der Waals surface area contributed by atoms with Gasteiger partial charge in [-0.3, -0.25) is 9.36 Å². The van der Waals surface area contributed by atoms with Gasteiger partial charge in [-0.2, -0.15) is 10.4 Å². The molecule has 0 spiro atoms. The van der Waals surface area contributed by atoms with E-state index in [1.54, 1.807) is 12.1 Å². The number of aromatic nitrogens is 1. The van der Waals surface area contributed by atoms with Crippen LogP contribution in [-0.2, 0) is 13.0 Å². The van der Waals surface area contributed by atoms with E-state index < -0.39 is 11.5 Å². The summed E-state index contributed by atoms with van der Waals surface area (Å²) in [5, 5.41) is 39.4. The van der Waals surface area contributed by atoms with E-state index in [-0.39, 0.29) is 41.2 Å². The lowest BCUT2D eigenvalue weighted by Crippen LogP contribution is -2.23. The highest BCUT2D eigenvalue weighted by molar-refractivity contribution is 5.88. The van der Waals surface area contributed by atoms with Crippen molar-refractivity contribution in [2.45, 2.75) is 39.7 Å². The molecule has 0 saturated carbocycles. The molecule has 32 heavy (non-hydrogen) atoms. The molecule has 0 aliphatic heterocycles. The quantitative estimate of drug-likeness (QED) is 0.538. The van der Waals surface area contributed by atoms with Crippen molar-refractivity contribution in [1.82, 2.24) is 4.57 Å². The normalized spacial score (nSPS) is 11.0. The average Bonchev–Trinajstić information content (AvgIpc) is 3.27. The maximum absolute atomic E-state index is 12.9. The molecule has 0 aliphatic rings. The van der Waals surface area contributed by atoms with Gasteiger partial charge in [-0.1, -0.05) is 19.4 Å². The van der Waals surface area contributed by atoms with Gasteiger partial charge in [0.2, 0.25) is 5.88 Å². The Morgan fingerprint density at radius 1 is 1.31 bits per heavy atom. The van der Waals surface area contributed by atoms with Crippen LogP contribution in [0, 0.1) is 18.3 Å². The predicted molar refractivity (Wildman–Crippen MR) is 113 cm³/mol. The third kappa shape index (κ3) is 4.59. The van der Waals surface area contributed by atoms with E-state index in [0.29, 0.717) is 23.4 Å². The van der Waals surface area contributed by atoms with Crippen LogP contribution in [-0.4, -0.2) is 15.6 Å². The fourth-order valence-corrected chi connectivity index (χ4v) is 3.28. The molecule has 9 nitrogen and oxygen atoms in total. The molecular formula is C23H21N4O5-. The molecule has 0 unspecified atom stereocenters. The molecule has 0 atom stereocenters. The van der Waals surface area contributed by atoms with Crippen LogP contribution in [0.3, 0.4) is 0 Å². The first-order valence-corrected chi connectivity index (χ1v) is 10.0. The molecule has 9 heteroatoms. The van der Waals surface area contributed by atoms with Gasteiger partial charge in [0, 0.05) is 24.1 Å². The number of carboxylic acids is 1. The van der Waals surface area contributed by atoms with Crippen molar-refractivity contribution in [3.05, 3.63) is 75.0 Å². The van der Waals surface area contributed by atoms with Crippen molar-refractivity contribution in [3.63, 3.8) is 0 Å². The summed E-state index contributed by atoms with van der Waals surface area (Å²) in [7, 11) is 0. The maximum Gasteiger partial charge on any atom is 0.281 e. The van der Waals surface area contributed by atoms with E-state index in [1.165, 1.54) is 31.4 Å². The van der Waals surface area contributed by atoms with E-state index in [0.717, 1.165) is 11.0 Å². The van der Waals surface area contributed by atoms with Crippen LogP contribution in [0.4, 0.5) is 11.4 Å². The van der Waals surface area contributed by atoms with E-state index in [9.17, 15) is 25.1 Å². The molecule has 1 N–H and O–H groups in total. The van der Waals surface area contributed by atoms with E-state index in [4.69, 9.17) is 4.42 Å². The zero-order valence-electron chi connectivity index (χ0n) is 17.7. The monoisotopic (exact) mass is 433 g/mol. The molecule has 0 fully saturated rings. The van der Waals surface area contributed by atoms with Gasteiger partial charge in [-0.15, -0.1) is 5.11 Å². The molecule has 0 amide bonds. The van der Waals surface area contributed by atoms with Crippen LogP contribution in [0.15, 0.2) is 56.0 Å². The number of pyridine rings is 1. The Hall–Kier alpha value is -4.19. The summed E-state index contributed by atoms with van der Waals surface area (Å²) in [6.07, 6.45) is 3.13. The molecule has 3 aromatic rings. The van der Waals surface area contributed by atoms with E-state index in [2.05, 4.69) is 10.2 Å². The number of azo groups is 1. The molecule has 3 rings (SSSR count). The van der Waals surface area contributed by atoms with Gasteiger partial charge in [0.25, 0.3) is 5.56 Å². The second-order valence-corrected chi connectivity index (χ2v) is 7.18. The Bertz CT molecular complexity index is 1270. The summed E-state index contributed by atoms with van der Waals surface area (Å²) in [5.74, 6) is -1.16. The second kappa shape index (κ2) is 9.75. The molecule has 164 valence electrons. The highest BCUT2D eigenvalue weighted by atomic mass is 16.4. The van der Waals surface area contributed by atoms with Crippen LogP contribution >= 0.6 is 0 Å². The van der Waals surface area contributed by atoms with Crippen LogP contribution in [0.2, 0.25) is 0 Å². The Labute approximate surface area is 183 Å². The Morgan fingerprint density at radius 2 is 2.09 bits per heavy atom. The van der Waals surface area contributed by atoms with Gasteiger partial charge in [-0.05, 0) is 43.2 Å². The van der Waals surface area contributed by atoms with Crippen LogP contribution in [0.5, 0.6) is 5.88 Å². The minimum atomic E-state index is -1.33. The third-order valence-electron chi connectivity index (χ3n) is 5.02. The first-order chi connectivity index (χ1) is 15.4. The van der Waals surface area contributed by atoms with Crippen LogP contribution in [0.1, 0.15) is 52.6 Å². The minimum Gasteiger partial charge on any atom is -0.545 e. The van der Waals surface area contributed by atoms with Gasteiger partial charge >= 0.3 is 0 Å². The molecule has 0 bridgehead atoms. The van der Waals surface area contributed by atoms with E-state index >= 15 is 0 Å². The molecule has 2 aromatic heterocycles. The highest BCUT2D eigenvalue weighted by Crippen LogP contribution is 2.28. The van der Waals surface area contributed by atoms with Gasteiger partial charge < -0.3 is 19.4 Å². The summed E-state index contributed by atoms with van der Waals surface area (Å²) in [6.45, 7) is 3.70. The minimum absolute atomic E-state index is 0.00477. The van der Waals surface area contributed by atoms with Gasteiger partial charge in [0.05, 0.1) is 17.9 Å². The number of benzene rings is 1. The topological polar surface area (TPSA) is 144 Å². The standard InChI is InChI=1S/C23H22N4O5/c1-3-4-9-27-21(28)19(13-24)14(2)20(22(27)29)26-25-16-7-8-18(23(30)31)15(11-16)12-17-6-5-10-32-17/h5-8,10-11,28H,3-4,9,12H2,1-2H3,(H,30,31)/p-1. The summed E-state index contributed by atoms with van der Waals surface area (Å²) in [6, 6.07) is 9.64. The SMILES string of the molecule is CCCCn1c(O)c(C#N)c(C)c(N=Nc2ccc(C(=O)[O-])c(Cc3ccco3)c2)c1=O. The van der Waals surface area contributed by atoms with Gasteiger partial charge in [-0.25, -0.2) is 0 Å². The number of nitriles is 1. The summed E-state index contributed by atoms with van der Waals surface area (Å²) >= 11 is 0. The average molecular weight is 433 g/mol. The van der Waals surface area contributed by atoms with Crippen molar-refractivity contribution in [2.24, 2.45) is 10.2 Å². The summed E-state index contributed by atoms with van der Waals surface area (Å²) < 4.78 is 6.41. The van der Waals surface area contributed by atoms with Crippen molar-refractivity contribution in [1.29, 1.82) is 5.26 Å². The number of furan rings is 1. The van der Waals surface area contributed by atoms with Crippen molar-refractivity contribution in [3.8, 4) is 11.9 Å². The van der Waals surface area contributed by atoms with E-state index in [1.807, 2.05) is 13.0 Å². The zero-order valence-corrected chi connectivity index (χ0v) is 17.7. The van der Waals surface area contributed by atoms with Crippen LogP contribution < -0.4 is 10.7 Å². The molecule has 0 aliphatic carbocycles. The number of aromatic hydroxyl groups is 1. The molecule has 2 heterocycles. The molecule has 1 aromatic carbocycles. The maximum atomic E-state index is 12.9. The lowest BCUT2D eigenvalue weighted by atomic mass is 10.0. The first-order valence-electron chi connectivity index (χ1n) is 10.0. The Kier molecular flexibility index (Phi) is 6.85. The number of nitrogens with zero attached hydrogens (tertiary/aromatic N) is 4. The van der Waals surface area contributed by atoms with Gasteiger partial charge in [0.15, 0.2) is 5.69 Å². The smallest absolute Gasteiger partial charge is 0.281 e. The lowest BCUT2D eigenvalue weighted by molar-refractivity contribution is -0.255. The number of rotatable bonds is 8. The molecular weight excluding hydrogens is 412 g/mol. The summed E-state index contributed by atoms with van der Waals surface area (Å²) in [5.41, 5.74) is 0.272. The largest absolute Gasteiger partial charge is 0.545 e. The number of carbonyl (C=O) groups is 1. The Balaban J connectivity index is 2.04. The number of unbranched alkanes of at least 4 members (excludes halogenated alkanes) is 1. The first kappa shape index (κ1) is 22.5. The number of hydrogen-bond acceptors (Lipinski definition) is 8. The van der Waals surface area contributed by atoms with Gasteiger partial charge in [0.1, 0.15) is 17.4 Å². The van der Waals surface area contributed by atoms with Crippen molar-refractivity contribution in [2.75, 3.05) is 0 Å². The second-order valence-electron chi connectivity index (χ2n) is 7.18.